The van der Waals surface area contributed by atoms with Crippen LogP contribution < -0.4 is 15.4 Å². The summed E-state index contributed by atoms with van der Waals surface area (Å²) in [7, 11) is 0. The number of aromatic amines is 1. The van der Waals surface area contributed by atoms with Crippen LogP contribution >= 0.6 is 0 Å². The molecule has 2 aliphatic rings. The molecule has 4 N–H and O–H groups in total. The number of carbonyl (C=O) groups is 1. The minimum absolute atomic E-state index is 0.187. The summed E-state index contributed by atoms with van der Waals surface area (Å²) in [5.41, 5.74) is 2.87. The van der Waals surface area contributed by atoms with Crippen molar-refractivity contribution < 1.29 is 23.4 Å². The number of fused-ring (bicyclic) bond motifs is 1. The van der Waals surface area contributed by atoms with E-state index in [0.717, 1.165) is 54.9 Å². The van der Waals surface area contributed by atoms with Gasteiger partial charge in [0.05, 0.1) is 16.9 Å². The van der Waals surface area contributed by atoms with Crippen molar-refractivity contribution in [1.82, 2.24) is 25.2 Å². The number of halogens is 2. The fourth-order valence-electron chi connectivity index (χ4n) is 7.56. The summed E-state index contributed by atoms with van der Waals surface area (Å²) in [5.74, 6) is -0.388. The average Bonchev–Trinajstić information content (AvgIpc) is 3.59. The van der Waals surface area contributed by atoms with Gasteiger partial charge in [0, 0.05) is 35.4 Å². The summed E-state index contributed by atoms with van der Waals surface area (Å²) in [6.07, 6.45) is 8.92. The van der Waals surface area contributed by atoms with Crippen molar-refractivity contribution in [2.24, 2.45) is 5.92 Å². The van der Waals surface area contributed by atoms with E-state index in [0.29, 0.717) is 33.4 Å². The van der Waals surface area contributed by atoms with Crippen LogP contribution in [0.25, 0.3) is 33.5 Å². The lowest BCUT2D eigenvalue weighted by molar-refractivity contribution is 0.0780. The molecule has 0 spiro atoms. The van der Waals surface area contributed by atoms with Gasteiger partial charge in [-0.05, 0) is 156 Å². The maximum Gasteiger partial charge on any atom is 0.258 e. The third-order valence-corrected chi connectivity index (χ3v) is 10.8. The van der Waals surface area contributed by atoms with Crippen LogP contribution in [0.1, 0.15) is 73.9 Å². The number of carbonyl (C=O) groups excluding carboxylic acids is 1. The van der Waals surface area contributed by atoms with Gasteiger partial charge < -0.3 is 30.4 Å². The smallest absolute Gasteiger partial charge is 0.258 e. The summed E-state index contributed by atoms with van der Waals surface area (Å²) in [5, 5.41) is 17.0. The van der Waals surface area contributed by atoms with E-state index in [1.54, 1.807) is 6.92 Å². The molecular weight excluding hydrogens is 674 g/mol. The van der Waals surface area contributed by atoms with Crippen LogP contribution in [0.15, 0.2) is 67.0 Å². The molecule has 0 saturated carbocycles. The SMILES string of the molecule is Cc1c(NC(=O)c2ccc(C(C)(C)O)cc2F)cc(F)cc1-c1ncnc2[nH]c(-c3ccc(OC4CCN(CCCC5CCNCC5)CC4)cc3)cc12. The highest BCUT2D eigenvalue weighted by molar-refractivity contribution is 6.06. The monoisotopic (exact) mass is 722 g/mol. The summed E-state index contributed by atoms with van der Waals surface area (Å²) in [6, 6.07) is 16.4. The second-order valence-electron chi connectivity index (χ2n) is 15.0. The van der Waals surface area contributed by atoms with E-state index in [-0.39, 0.29) is 17.4 Å². The molecule has 0 aliphatic carbocycles. The number of H-pyrrole nitrogens is 1. The molecule has 3 aromatic carbocycles. The van der Waals surface area contributed by atoms with Crippen LogP contribution in [0, 0.1) is 24.5 Å². The number of nitrogens with zero attached hydrogens (tertiary/aromatic N) is 3. The lowest BCUT2D eigenvalue weighted by atomic mass is 9.93. The summed E-state index contributed by atoms with van der Waals surface area (Å²) < 4.78 is 36.4. The summed E-state index contributed by atoms with van der Waals surface area (Å²) >= 11 is 0. The number of amides is 1. The Kier molecular flexibility index (Phi) is 10.9. The van der Waals surface area contributed by atoms with E-state index in [1.807, 2.05) is 30.3 Å². The molecular formula is C42H48F2N6O3. The first-order valence-corrected chi connectivity index (χ1v) is 18.7. The number of anilines is 1. The highest BCUT2D eigenvalue weighted by Crippen LogP contribution is 2.35. The number of piperidine rings is 2. The van der Waals surface area contributed by atoms with E-state index < -0.39 is 23.1 Å². The molecule has 2 aromatic heterocycles. The maximum atomic E-state index is 15.1. The van der Waals surface area contributed by atoms with E-state index in [4.69, 9.17) is 4.74 Å². The second-order valence-corrected chi connectivity index (χ2v) is 15.0. The number of nitrogens with one attached hydrogen (secondary N) is 3. The molecule has 2 fully saturated rings. The topological polar surface area (TPSA) is 115 Å². The van der Waals surface area contributed by atoms with Gasteiger partial charge in [0.15, 0.2) is 0 Å². The third-order valence-electron chi connectivity index (χ3n) is 10.8. The van der Waals surface area contributed by atoms with Crippen LogP contribution in [-0.4, -0.2) is 69.7 Å². The molecule has 7 rings (SSSR count). The molecule has 4 heterocycles. The number of likely N-dealkylation sites (tertiary alicyclic amines) is 1. The highest BCUT2D eigenvalue weighted by Gasteiger charge is 2.23. The molecule has 5 aromatic rings. The Balaban J connectivity index is 1.01. The summed E-state index contributed by atoms with van der Waals surface area (Å²) in [6.45, 7) is 10.5. The molecule has 0 atom stereocenters. The standard InChI is InChI=1S/C42H48F2N6O3/c1-26-34(22-30(43)23-37(26)49-41(51)33-11-8-29(21-36(33)44)42(2,3)52)39-35-24-38(48-40(35)47-25-46-39)28-6-9-31(10-7-28)53-32-14-19-50(20-15-32)18-4-5-27-12-16-45-17-13-27/h6-11,21-25,27,32,45,52H,4-5,12-20H2,1-3H3,(H,49,51)(H,46,47,48). The van der Waals surface area contributed by atoms with E-state index in [9.17, 15) is 14.3 Å². The zero-order valence-electron chi connectivity index (χ0n) is 30.6. The molecule has 2 aliphatic heterocycles. The highest BCUT2D eigenvalue weighted by atomic mass is 19.1. The Morgan fingerprint density at radius 2 is 1.75 bits per heavy atom. The molecule has 2 saturated heterocycles. The second kappa shape index (κ2) is 15.7. The number of hydrogen-bond acceptors (Lipinski definition) is 7. The number of benzene rings is 3. The minimum Gasteiger partial charge on any atom is -0.490 e. The first-order chi connectivity index (χ1) is 25.5. The zero-order valence-corrected chi connectivity index (χ0v) is 30.6. The van der Waals surface area contributed by atoms with Crippen LogP contribution in [0.3, 0.4) is 0 Å². The zero-order chi connectivity index (χ0) is 37.1. The van der Waals surface area contributed by atoms with E-state index in [1.165, 1.54) is 89.8 Å². The molecule has 0 unspecified atom stereocenters. The van der Waals surface area contributed by atoms with Gasteiger partial charge in [0.1, 0.15) is 35.5 Å². The first-order valence-electron chi connectivity index (χ1n) is 18.7. The Morgan fingerprint density at radius 1 is 1.00 bits per heavy atom. The van der Waals surface area contributed by atoms with Gasteiger partial charge in [-0.25, -0.2) is 18.7 Å². The average molecular weight is 723 g/mol. The number of rotatable bonds is 11. The molecule has 53 heavy (non-hydrogen) atoms. The quantitative estimate of drug-likeness (QED) is 0.109. The fraction of sp³-hybridized carbons (Fsp3) is 0.405. The van der Waals surface area contributed by atoms with Crippen molar-refractivity contribution in [2.45, 2.75) is 71.0 Å². The van der Waals surface area contributed by atoms with Crippen LogP contribution in [0.2, 0.25) is 0 Å². The van der Waals surface area contributed by atoms with E-state index >= 15 is 4.39 Å². The van der Waals surface area contributed by atoms with Gasteiger partial charge in [-0.3, -0.25) is 4.79 Å². The Bertz CT molecular complexity index is 2060. The molecule has 9 nitrogen and oxygen atoms in total. The Morgan fingerprint density at radius 3 is 2.47 bits per heavy atom. The van der Waals surface area contributed by atoms with Gasteiger partial charge in [0.2, 0.25) is 0 Å². The lowest BCUT2D eigenvalue weighted by Crippen LogP contribution is -2.39. The normalized spacial score (nSPS) is 16.3. The van der Waals surface area contributed by atoms with Crippen molar-refractivity contribution in [3.8, 4) is 28.3 Å². The van der Waals surface area contributed by atoms with E-state index in [2.05, 4.69) is 30.5 Å². The van der Waals surface area contributed by atoms with Gasteiger partial charge in [-0.1, -0.05) is 6.07 Å². The minimum atomic E-state index is -1.27. The van der Waals surface area contributed by atoms with Gasteiger partial charge in [0.25, 0.3) is 5.91 Å². The summed E-state index contributed by atoms with van der Waals surface area (Å²) in [4.78, 5) is 28.0. The number of ether oxygens (including phenoxy) is 1. The molecule has 0 bridgehead atoms. The third kappa shape index (κ3) is 8.59. The number of hydrogen-bond donors (Lipinski definition) is 4. The predicted molar refractivity (Wildman–Crippen MR) is 204 cm³/mol. The largest absolute Gasteiger partial charge is 0.490 e. The Labute approximate surface area is 309 Å². The molecule has 1 amide bonds. The van der Waals surface area contributed by atoms with Crippen molar-refractivity contribution in [2.75, 3.05) is 38.0 Å². The van der Waals surface area contributed by atoms with Crippen LogP contribution in [-0.2, 0) is 5.60 Å². The maximum absolute atomic E-state index is 15.1. The van der Waals surface area contributed by atoms with Gasteiger partial charge in [-0.2, -0.15) is 0 Å². The number of aliphatic hydroxyl groups is 1. The van der Waals surface area contributed by atoms with Crippen molar-refractivity contribution in [1.29, 1.82) is 0 Å². The van der Waals surface area contributed by atoms with Gasteiger partial charge >= 0.3 is 0 Å². The molecule has 0 radical (unpaired) electrons. The van der Waals surface area contributed by atoms with Crippen LogP contribution in [0.5, 0.6) is 5.75 Å². The number of aromatic nitrogens is 3. The molecule has 11 heteroatoms. The van der Waals surface area contributed by atoms with Crippen molar-refractivity contribution in [3.05, 3.63) is 95.3 Å². The predicted octanol–water partition coefficient (Wildman–Crippen LogP) is 7.98. The Hall–Kier alpha value is -4.71. The van der Waals surface area contributed by atoms with Crippen molar-refractivity contribution in [3.63, 3.8) is 0 Å². The lowest BCUT2D eigenvalue weighted by Gasteiger charge is -2.32. The van der Waals surface area contributed by atoms with Crippen LogP contribution in [0.4, 0.5) is 14.5 Å². The van der Waals surface area contributed by atoms with Crippen molar-refractivity contribution >= 4 is 22.6 Å². The fourth-order valence-corrected chi connectivity index (χ4v) is 7.56. The van der Waals surface area contributed by atoms with Gasteiger partial charge in [-0.15, -0.1) is 0 Å². The molecule has 278 valence electrons. The first kappa shape index (κ1) is 36.6.